The van der Waals surface area contributed by atoms with Gasteiger partial charge in [0.05, 0.1) is 0 Å². The Kier molecular flexibility index (Phi) is 1.62. The first-order chi connectivity index (χ1) is 5.12. The van der Waals surface area contributed by atoms with E-state index in [-0.39, 0.29) is 0 Å². The zero-order valence-corrected chi connectivity index (χ0v) is 4.69. The van der Waals surface area contributed by atoms with E-state index in [9.17, 15) is 4.79 Å². The molecular formula is C5H12N2O. The lowest BCUT2D eigenvalue weighted by molar-refractivity contribution is -0.118. The number of rotatable bonds is 3. The molecule has 8 heavy (non-hydrogen) atoms. The molecule has 0 spiro atoms. The minimum Gasteiger partial charge on any atom is -0.356 e. The third-order valence-corrected chi connectivity index (χ3v) is 0.455. The van der Waals surface area contributed by atoms with Crippen LogP contribution >= 0.6 is 0 Å². The van der Waals surface area contributed by atoms with Gasteiger partial charge in [0, 0.05) is 18.9 Å². The van der Waals surface area contributed by atoms with Gasteiger partial charge >= 0.3 is 0 Å². The van der Waals surface area contributed by atoms with E-state index in [4.69, 9.17) is 11.2 Å². The minimum atomic E-state index is -2.12. The van der Waals surface area contributed by atoms with Crippen LogP contribution in [0.4, 0.5) is 0 Å². The van der Waals surface area contributed by atoms with E-state index in [1.165, 1.54) is 0 Å². The summed E-state index contributed by atoms with van der Waals surface area (Å²) in [5.74, 6) is -0.552. The first-order valence-electron chi connectivity index (χ1n) is 4.20. The molecule has 0 atom stereocenters. The van der Waals surface area contributed by atoms with Crippen LogP contribution in [0.3, 0.4) is 0 Å². The van der Waals surface area contributed by atoms with Gasteiger partial charge in [-0.2, -0.15) is 0 Å². The number of carbonyl (C=O) groups is 1. The highest BCUT2D eigenvalue weighted by Crippen LogP contribution is 1.67. The van der Waals surface area contributed by atoms with Crippen molar-refractivity contribution in [3.8, 4) is 0 Å². The van der Waals surface area contributed by atoms with Crippen LogP contribution in [0.2, 0.25) is 0 Å². The molecular weight excluding hydrogens is 104 g/mol. The average molecular weight is 120 g/mol. The molecule has 3 N–H and O–H groups in total. The molecule has 0 aliphatic carbocycles. The van der Waals surface area contributed by atoms with Crippen molar-refractivity contribution < 1.29 is 10.3 Å². The number of hydrogen-bond donors (Lipinski definition) is 2. The maximum atomic E-state index is 10.4. The van der Waals surface area contributed by atoms with Crippen molar-refractivity contribution in [1.29, 1.82) is 0 Å². The molecule has 0 aliphatic rings. The molecule has 3 heteroatoms. The van der Waals surface area contributed by atoms with Gasteiger partial charge in [0.2, 0.25) is 5.91 Å². The second kappa shape index (κ2) is 4.59. The molecule has 0 bridgehead atoms. The van der Waals surface area contributed by atoms with Gasteiger partial charge in [0.15, 0.2) is 0 Å². The van der Waals surface area contributed by atoms with Crippen molar-refractivity contribution in [2.75, 3.05) is 13.0 Å². The number of nitrogens with one attached hydrogen (secondary N) is 1. The zero-order valence-electron chi connectivity index (χ0n) is 8.69. The standard InChI is InChI=1S/C5H12N2O/c1-5(8)7-4-2-3-6/h2-4,6H2,1H3,(H,7,8)/i3D2,4D2. The second-order valence-electron chi connectivity index (χ2n) is 1.24. The van der Waals surface area contributed by atoms with Crippen LogP contribution in [0.5, 0.6) is 0 Å². The highest BCUT2D eigenvalue weighted by molar-refractivity contribution is 5.72. The first kappa shape index (κ1) is 2.82. The Morgan fingerprint density at radius 2 is 2.62 bits per heavy atom. The molecule has 0 aliphatic heterocycles. The zero-order chi connectivity index (χ0) is 9.99. The molecule has 0 heterocycles. The molecule has 0 radical (unpaired) electrons. The molecule has 0 saturated carbocycles. The molecule has 1 amide bonds. The maximum absolute atomic E-state index is 10.4. The topological polar surface area (TPSA) is 55.1 Å². The summed E-state index contributed by atoms with van der Waals surface area (Å²) in [5.41, 5.74) is 4.94. The molecule has 0 unspecified atom stereocenters. The summed E-state index contributed by atoms with van der Waals surface area (Å²) in [6.45, 7) is -3.06. The summed E-state index contributed by atoms with van der Waals surface area (Å²) >= 11 is 0. The van der Waals surface area contributed by atoms with E-state index >= 15 is 0 Å². The Labute approximate surface area is 54.9 Å². The molecule has 3 nitrogen and oxygen atoms in total. The van der Waals surface area contributed by atoms with Crippen molar-refractivity contribution >= 4 is 5.91 Å². The summed E-state index contributed by atoms with van der Waals surface area (Å²) in [6, 6.07) is 0. The van der Waals surface area contributed by atoms with Crippen LogP contribution in [0.25, 0.3) is 0 Å². The van der Waals surface area contributed by atoms with E-state index in [1.54, 1.807) is 0 Å². The number of carbonyl (C=O) groups excluding carboxylic acids is 1. The van der Waals surface area contributed by atoms with Crippen LogP contribution < -0.4 is 11.1 Å². The Morgan fingerprint density at radius 3 is 3.00 bits per heavy atom. The SMILES string of the molecule is [2H]C([2H])(N)CC([2H])([2H])NC(C)=O. The third-order valence-electron chi connectivity index (χ3n) is 0.455. The van der Waals surface area contributed by atoms with E-state index in [2.05, 4.69) is 0 Å². The van der Waals surface area contributed by atoms with Gasteiger partial charge < -0.3 is 11.1 Å². The fourth-order valence-corrected chi connectivity index (χ4v) is 0.220. The monoisotopic (exact) mass is 120 g/mol. The van der Waals surface area contributed by atoms with E-state index in [0.29, 0.717) is 0 Å². The molecule has 0 aromatic rings. The number of amides is 1. The molecule has 0 aromatic heterocycles. The summed E-state index contributed by atoms with van der Waals surface area (Å²) < 4.78 is 28.0. The summed E-state index contributed by atoms with van der Waals surface area (Å²) in [6.07, 6.45) is -0.570. The van der Waals surface area contributed by atoms with Crippen LogP contribution in [-0.2, 0) is 4.79 Å². The lowest BCUT2D eigenvalue weighted by Gasteiger charge is -1.96. The predicted octanol–water partition coefficient (Wildman–Crippen LogP) is -0.529. The van der Waals surface area contributed by atoms with Crippen LogP contribution in [0.15, 0.2) is 0 Å². The molecule has 0 aromatic carbocycles. The third kappa shape index (κ3) is 5.43. The molecule has 0 rings (SSSR count). The van der Waals surface area contributed by atoms with Gasteiger partial charge in [-0.25, -0.2) is 0 Å². The van der Waals surface area contributed by atoms with E-state index in [0.717, 1.165) is 6.92 Å². The van der Waals surface area contributed by atoms with Gasteiger partial charge in [-0.1, -0.05) is 0 Å². The van der Waals surface area contributed by atoms with Crippen molar-refractivity contribution in [1.82, 2.24) is 5.32 Å². The Balaban J connectivity index is 4.13. The van der Waals surface area contributed by atoms with Crippen molar-refractivity contribution in [2.45, 2.75) is 13.3 Å². The highest BCUT2D eigenvalue weighted by atomic mass is 16.1. The average Bonchev–Trinajstić information content (AvgIpc) is 1.48. The van der Waals surface area contributed by atoms with Crippen LogP contribution in [0.1, 0.15) is 18.8 Å². The lowest BCUT2D eigenvalue weighted by atomic mass is 10.4. The fraction of sp³-hybridized carbons (Fsp3) is 0.800. The smallest absolute Gasteiger partial charge is 0.216 e. The van der Waals surface area contributed by atoms with Crippen LogP contribution in [-0.4, -0.2) is 18.9 Å². The Morgan fingerprint density at radius 1 is 2.00 bits per heavy atom. The Bertz CT molecular complexity index is 177. The normalized spacial score (nSPS) is 19.8. The second-order valence-corrected chi connectivity index (χ2v) is 1.24. The summed E-state index contributed by atoms with van der Waals surface area (Å²) in [4.78, 5) is 10.4. The fourth-order valence-electron chi connectivity index (χ4n) is 0.220. The lowest BCUT2D eigenvalue weighted by Crippen LogP contribution is -2.22. The Hall–Kier alpha value is -0.570. The number of nitrogens with two attached hydrogens (primary N) is 1. The van der Waals surface area contributed by atoms with Crippen LogP contribution in [0, 0.1) is 0 Å². The van der Waals surface area contributed by atoms with Gasteiger partial charge in [0.1, 0.15) is 0 Å². The van der Waals surface area contributed by atoms with Gasteiger partial charge in [-0.05, 0) is 12.9 Å². The van der Waals surface area contributed by atoms with Crippen molar-refractivity contribution in [3.63, 3.8) is 0 Å². The predicted molar refractivity (Wildman–Crippen MR) is 32.4 cm³/mol. The number of hydrogen-bond acceptors (Lipinski definition) is 2. The van der Waals surface area contributed by atoms with Crippen molar-refractivity contribution in [3.05, 3.63) is 0 Å². The molecule has 0 saturated heterocycles. The van der Waals surface area contributed by atoms with Gasteiger partial charge in [0.25, 0.3) is 0 Å². The van der Waals surface area contributed by atoms with Gasteiger partial charge in [-0.3, -0.25) is 4.79 Å². The summed E-state index contributed by atoms with van der Waals surface area (Å²) in [7, 11) is 0. The first-order valence-corrected chi connectivity index (χ1v) is 2.20. The van der Waals surface area contributed by atoms with Crippen molar-refractivity contribution in [2.24, 2.45) is 5.73 Å². The molecule has 0 fully saturated rings. The maximum Gasteiger partial charge on any atom is 0.216 e. The quantitative estimate of drug-likeness (QED) is 0.526. The molecule has 48 valence electrons. The van der Waals surface area contributed by atoms with Gasteiger partial charge in [-0.15, -0.1) is 0 Å². The van der Waals surface area contributed by atoms with E-state index < -0.39 is 25.3 Å². The van der Waals surface area contributed by atoms with E-state index in [1.807, 2.05) is 5.32 Å². The minimum absolute atomic E-state index is 0.552. The summed E-state index contributed by atoms with van der Waals surface area (Å²) in [5, 5.41) is 1.95. The largest absolute Gasteiger partial charge is 0.356 e. The highest BCUT2D eigenvalue weighted by Gasteiger charge is 1.85.